The van der Waals surface area contributed by atoms with E-state index in [1.807, 2.05) is 30.5 Å². The van der Waals surface area contributed by atoms with Crippen LogP contribution >= 0.6 is 11.6 Å². The number of pyridine rings is 1. The molecule has 1 heterocycles. The Kier molecular flexibility index (Phi) is 3.80. The molecule has 0 unspecified atom stereocenters. The maximum Gasteiger partial charge on any atom is 0.0480 e. The summed E-state index contributed by atoms with van der Waals surface area (Å²) < 4.78 is 0. The normalized spacial score (nSPS) is 12.7. The summed E-state index contributed by atoms with van der Waals surface area (Å²) in [5.74, 6) is 0.833. The van der Waals surface area contributed by atoms with Crippen LogP contribution in [0.2, 0.25) is 5.02 Å². The van der Waals surface area contributed by atoms with Crippen LogP contribution in [-0.4, -0.2) is 4.98 Å². The van der Waals surface area contributed by atoms with Gasteiger partial charge in [-0.2, -0.15) is 0 Å². The molecule has 0 spiro atoms. The van der Waals surface area contributed by atoms with Crippen LogP contribution in [0.15, 0.2) is 48.7 Å². The van der Waals surface area contributed by atoms with E-state index in [0.29, 0.717) is 11.8 Å². The minimum absolute atomic E-state index is 0.327. The van der Waals surface area contributed by atoms with E-state index >= 15 is 0 Å². The molecule has 0 radical (unpaired) electrons. The van der Waals surface area contributed by atoms with E-state index in [-0.39, 0.29) is 0 Å². The summed E-state index contributed by atoms with van der Waals surface area (Å²) in [4.78, 5) is 4.47. The number of benzene rings is 1. The lowest BCUT2D eigenvalue weighted by Gasteiger charge is -2.20. The van der Waals surface area contributed by atoms with Crippen LogP contribution in [-0.2, 0) is 0 Å². The highest BCUT2D eigenvalue weighted by Gasteiger charge is 2.18. The smallest absolute Gasteiger partial charge is 0.0480 e. The van der Waals surface area contributed by atoms with Crippen molar-refractivity contribution in [2.45, 2.75) is 19.8 Å². The van der Waals surface area contributed by atoms with Crippen LogP contribution < -0.4 is 0 Å². The zero-order valence-corrected chi connectivity index (χ0v) is 10.9. The Labute approximate surface area is 107 Å². The van der Waals surface area contributed by atoms with Crippen molar-refractivity contribution in [2.75, 3.05) is 0 Å². The zero-order valence-electron chi connectivity index (χ0n) is 10.1. The maximum absolute atomic E-state index is 5.93. The molecule has 0 amide bonds. The lowest BCUT2D eigenvalue weighted by molar-refractivity contribution is 0.552. The van der Waals surface area contributed by atoms with E-state index in [9.17, 15) is 0 Å². The second kappa shape index (κ2) is 5.33. The third-order valence-electron chi connectivity index (χ3n) is 2.90. The Bertz CT molecular complexity index is 462. The molecular weight excluding hydrogens is 230 g/mol. The molecule has 1 aromatic carbocycles. The van der Waals surface area contributed by atoms with E-state index in [1.54, 1.807) is 0 Å². The molecule has 0 N–H and O–H groups in total. The first-order valence-electron chi connectivity index (χ1n) is 5.85. The highest BCUT2D eigenvalue weighted by Crippen LogP contribution is 2.30. The van der Waals surface area contributed by atoms with Crippen molar-refractivity contribution in [1.82, 2.24) is 4.98 Å². The zero-order chi connectivity index (χ0) is 12.3. The quantitative estimate of drug-likeness (QED) is 0.775. The molecule has 0 aliphatic heterocycles. The molecule has 2 heteroatoms. The Balaban J connectivity index is 2.39. The van der Waals surface area contributed by atoms with Gasteiger partial charge in [0.1, 0.15) is 0 Å². The van der Waals surface area contributed by atoms with Gasteiger partial charge in [-0.15, -0.1) is 0 Å². The fraction of sp³-hybridized carbons (Fsp3) is 0.267. The summed E-state index contributed by atoms with van der Waals surface area (Å²) in [6.45, 7) is 4.43. The number of aromatic nitrogens is 1. The highest BCUT2D eigenvalue weighted by atomic mass is 35.5. The molecule has 88 valence electrons. The minimum Gasteiger partial charge on any atom is -0.261 e. The lowest BCUT2D eigenvalue weighted by atomic mass is 9.85. The Morgan fingerprint density at radius 3 is 2.24 bits per heavy atom. The first-order valence-corrected chi connectivity index (χ1v) is 6.22. The van der Waals surface area contributed by atoms with Gasteiger partial charge in [0.2, 0.25) is 0 Å². The fourth-order valence-corrected chi connectivity index (χ4v) is 2.25. The molecule has 2 aromatic rings. The van der Waals surface area contributed by atoms with E-state index in [4.69, 9.17) is 11.6 Å². The molecule has 1 atom stereocenters. The molecule has 1 nitrogen and oxygen atoms in total. The van der Waals surface area contributed by atoms with Gasteiger partial charge in [-0.1, -0.05) is 43.6 Å². The van der Waals surface area contributed by atoms with Crippen LogP contribution in [0, 0.1) is 5.92 Å². The number of hydrogen-bond donors (Lipinski definition) is 0. The van der Waals surface area contributed by atoms with Gasteiger partial charge in [-0.3, -0.25) is 4.98 Å². The molecule has 0 fully saturated rings. The summed E-state index contributed by atoms with van der Waals surface area (Å²) in [6, 6.07) is 14.1. The molecule has 17 heavy (non-hydrogen) atoms. The second-order valence-electron chi connectivity index (χ2n) is 4.53. The first-order chi connectivity index (χ1) is 8.18. The molecule has 0 bridgehead atoms. The molecular formula is C15H16ClN. The maximum atomic E-state index is 5.93. The van der Waals surface area contributed by atoms with Crippen LogP contribution in [0.4, 0.5) is 0 Å². The molecule has 0 aliphatic rings. The van der Waals surface area contributed by atoms with Crippen molar-refractivity contribution >= 4 is 11.6 Å². The summed E-state index contributed by atoms with van der Waals surface area (Å²) in [6.07, 6.45) is 1.85. The van der Waals surface area contributed by atoms with Gasteiger partial charge in [0.05, 0.1) is 0 Å². The summed E-state index contributed by atoms with van der Waals surface area (Å²) in [7, 11) is 0. The van der Waals surface area contributed by atoms with Gasteiger partial charge in [-0.05, 0) is 35.7 Å². The van der Waals surface area contributed by atoms with Crippen molar-refractivity contribution in [1.29, 1.82) is 0 Å². The average Bonchev–Trinajstić information content (AvgIpc) is 2.33. The largest absolute Gasteiger partial charge is 0.261 e. The van der Waals surface area contributed by atoms with Gasteiger partial charge >= 0.3 is 0 Å². The SMILES string of the molecule is CC(C)[C@H](c1ccc(Cl)cc1)c1ccccn1. The van der Waals surface area contributed by atoms with Gasteiger partial charge in [-0.25, -0.2) is 0 Å². The van der Waals surface area contributed by atoms with Crippen molar-refractivity contribution in [3.8, 4) is 0 Å². The summed E-state index contributed by atoms with van der Waals surface area (Å²) in [5, 5.41) is 0.775. The molecule has 0 saturated carbocycles. The lowest BCUT2D eigenvalue weighted by Crippen LogP contribution is -2.10. The van der Waals surface area contributed by atoms with Crippen LogP contribution in [0.25, 0.3) is 0 Å². The molecule has 2 rings (SSSR count). The number of nitrogens with zero attached hydrogens (tertiary/aromatic N) is 1. The highest BCUT2D eigenvalue weighted by molar-refractivity contribution is 6.30. The Morgan fingerprint density at radius 2 is 1.71 bits per heavy atom. The third kappa shape index (κ3) is 2.86. The van der Waals surface area contributed by atoms with Crippen LogP contribution in [0.5, 0.6) is 0 Å². The number of rotatable bonds is 3. The number of hydrogen-bond acceptors (Lipinski definition) is 1. The fourth-order valence-electron chi connectivity index (χ4n) is 2.13. The average molecular weight is 246 g/mol. The predicted octanol–water partition coefficient (Wildman–Crippen LogP) is 4.52. The predicted molar refractivity (Wildman–Crippen MR) is 72.4 cm³/mol. The van der Waals surface area contributed by atoms with Crippen molar-refractivity contribution in [2.24, 2.45) is 5.92 Å². The monoisotopic (exact) mass is 245 g/mol. The van der Waals surface area contributed by atoms with E-state index in [2.05, 4.69) is 37.0 Å². The van der Waals surface area contributed by atoms with Crippen molar-refractivity contribution in [3.05, 3.63) is 64.9 Å². The Hall–Kier alpha value is -1.34. The molecule has 0 saturated heterocycles. The van der Waals surface area contributed by atoms with Gasteiger partial charge < -0.3 is 0 Å². The van der Waals surface area contributed by atoms with E-state index in [1.165, 1.54) is 5.56 Å². The van der Waals surface area contributed by atoms with E-state index in [0.717, 1.165) is 10.7 Å². The van der Waals surface area contributed by atoms with E-state index < -0.39 is 0 Å². The summed E-state index contributed by atoms with van der Waals surface area (Å²) in [5.41, 5.74) is 2.38. The van der Waals surface area contributed by atoms with Crippen molar-refractivity contribution in [3.63, 3.8) is 0 Å². The number of halogens is 1. The standard InChI is InChI=1S/C15H16ClN/c1-11(2)15(14-5-3-4-10-17-14)12-6-8-13(16)9-7-12/h3-11,15H,1-2H3/t15-/m1/s1. The van der Waals surface area contributed by atoms with Crippen LogP contribution in [0.3, 0.4) is 0 Å². The van der Waals surface area contributed by atoms with Crippen LogP contribution in [0.1, 0.15) is 31.0 Å². The van der Waals surface area contributed by atoms with Gasteiger partial charge in [0.15, 0.2) is 0 Å². The second-order valence-corrected chi connectivity index (χ2v) is 4.96. The topological polar surface area (TPSA) is 12.9 Å². The molecule has 1 aromatic heterocycles. The van der Waals surface area contributed by atoms with Gasteiger partial charge in [0, 0.05) is 22.8 Å². The first kappa shape index (κ1) is 12.1. The van der Waals surface area contributed by atoms with Gasteiger partial charge in [0.25, 0.3) is 0 Å². The van der Waals surface area contributed by atoms with Crippen molar-refractivity contribution < 1.29 is 0 Å². The molecule has 0 aliphatic carbocycles. The third-order valence-corrected chi connectivity index (χ3v) is 3.15. The Morgan fingerprint density at radius 1 is 1.00 bits per heavy atom. The minimum atomic E-state index is 0.327. The summed E-state index contributed by atoms with van der Waals surface area (Å²) >= 11 is 5.93.